The molecule has 19 heavy (non-hydrogen) atoms. The van der Waals surface area contributed by atoms with Gasteiger partial charge in [0.05, 0.1) is 0 Å². The standard InChI is InChI=1S/C12H15N3O3S/c1-8(11-5-4-6-13-7-11)15-19(16,17)12-9(2)14-18-10(12)3/h4-8,15H,1-3H3. The number of pyridine rings is 1. The van der Waals surface area contributed by atoms with Crippen LogP contribution in [0, 0.1) is 13.8 Å². The zero-order chi connectivity index (χ0) is 14.0. The number of nitrogens with one attached hydrogen (secondary N) is 1. The summed E-state index contributed by atoms with van der Waals surface area (Å²) < 4.78 is 32.1. The third kappa shape index (κ3) is 2.82. The van der Waals surface area contributed by atoms with Crippen molar-refractivity contribution < 1.29 is 12.9 Å². The number of hydrogen-bond acceptors (Lipinski definition) is 5. The van der Waals surface area contributed by atoms with Gasteiger partial charge in [0.15, 0.2) is 5.76 Å². The van der Waals surface area contributed by atoms with Crippen LogP contribution in [0.4, 0.5) is 0 Å². The van der Waals surface area contributed by atoms with E-state index in [1.54, 1.807) is 39.2 Å². The van der Waals surface area contributed by atoms with Crippen molar-refractivity contribution in [2.75, 3.05) is 0 Å². The van der Waals surface area contributed by atoms with Crippen LogP contribution in [0.5, 0.6) is 0 Å². The van der Waals surface area contributed by atoms with Crippen LogP contribution in [0.2, 0.25) is 0 Å². The Morgan fingerprint density at radius 1 is 1.37 bits per heavy atom. The lowest BCUT2D eigenvalue weighted by atomic mass is 10.2. The van der Waals surface area contributed by atoms with Crippen molar-refractivity contribution in [2.45, 2.75) is 31.7 Å². The van der Waals surface area contributed by atoms with Crippen LogP contribution in [0.1, 0.15) is 30.0 Å². The maximum absolute atomic E-state index is 12.3. The van der Waals surface area contributed by atoms with Crippen LogP contribution in [0.3, 0.4) is 0 Å². The molecule has 2 heterocycles. The largest absolute Gasteiger partial charge is 0.360 e. The quantitative estimate of drug-likeness (QED) is 0.922. The molecule has 1 unspecified atom stereocenters. The van der Waals surface area contributed by atoms with Crippen LogP contribution in [-0.4, -0.2) is 18.6 Å². The molecule has 0 saturated carbocycles. The van der Waals surface area contributed by atoms with Crippen molar-refractivity contribution in [1.82, 2.24) is 14.9 Å². The minimum absolute atomic E-state index is 0.100. The molecule has 2 rings (SSSR count). The fraction of sp³-hybridized carbons (Fsp3) is 0.333. The van der Waals surface area contributed by atoms with E-state index in [0.29, 0.717) is 5.69 Å². The van der Waals surface area contributed by atoms with Gasteiger partial charge in [0, 0.05) is 18.4 Å². The SMILES string of the molecule is Cc1noc(C)c1S(=O)(=O)NC(C)c1cccnc1. The summed E-state index contributed by atoms with van der Waals surface area (Å²) in [7, 11) is -3.66. The summed E-state index contributed by atoms with van der Waals surface area (Å²) in [5.74, 6) is 0.281. The highest BCUT2D eigenvalue weighted by molar-refractivity contribution is 7.89. The van der Waals surface area contributed by atoms with Crippen LogP contribution >= 0.6 is 0 Å². The first-order chi connectivity index (χ1) is 8.92. The Morgan fingerprint density at radius 2 is 2.11 bits per heavy atom. The highest BCUT2D eigenvalue weighted by atomic mass is 32.2. The molecule has 0 aliphatic heterocycles. The van der Waals surface area contributed by atoms with E-state index in [9.17, 15) is 8.42 Å². The normalized spacial score (nSPS) is 13.4. The van der Waals surface area contributed by atoms with Gasteiger partial charge in [-0.1, -0.05) is 11.2 Å². The summed E-state index contributed by atoms with van der Waals surface area (Å²) in [6.45, 7) is 4.93. The molecule has 0 aliphatic rings. The molecule has 0 aliphatic carbocycles. The van der Waals surface area contributed by atoms with E-state index in [4.69, 9.17) is 4.52 Å². The molecule has 6 nitrogen and oxygen atoms in total. The Balaban J connectivity index is 2.28. The van der Waals surface area contributed by atoms with Gasteiger partial charge in [-0.3, -0.25) is 4.98 Å². The zero-order valence-corrected chi connectivity index (χ0v) is 11.7. The maximum Gasteiger partial charge on any atom is 0.246 e. The number of rotatable bonds is 4. The van der Waals surface area contributed by atoms with Crippen molar-refractivity contribution in [2.24, 2.45) is 0 Å². The smallest absolute Gasteiger partial charge is 0.246 e. The first kappa shape index (κ1) is 13.7. The second-order valence-electron chi connectivity index (χ2n) is 4.28. The lowest BCUT2D eigenvalue weighted by Crippen LogP contribution is -2.27. The summed E-state index contributed by atoms with van der Waals surface area (Å²) in [6.07, 6.45) is 3.26. The summed E-state index contributed by atoms with van der Waals surface area (Å²) in [4.78, 5) is 4.07. The monoisotopic (exact) mass is 281 g/mol. The molecule has 2 aromatic rings. The average molecular weight is 281 g/mol. The van der Waals surface area contributed by atoms with Gasteiger partial charge < -0.3 is 4.52 Å². The van der Waals surface area contributed by atoms with Crippen LogP contribution in [-0.2, 0) is 10.0 Å². The predicted molar refractivity (Wildman–Crippen MR) is 69.0 cm³/mol. The first-order valence-corrected chi connectivity index (χ1v) is 7.25. The average Bonchev–Trinajstić information content (AvgIpc) is 2.70. The minimum atomic E-state index is -3.66. The fourth-order valence-corrected chi connectivity index (χ4v) is 3.41. The number of aryl methyl sites for hydroxylation is 2. The molecular weight excluding hydrogens is 266 g/mol. The lowest BCUT2D eigenvalue weighted by Gasteiger charge is -2.13. The van der Waals surface area contributed by atoms with Gasteiger partial charge in [0.2, 0.25) is 10.0 Å². The molecule has 102 valence electrons. The Morgan fingerprint density at radius 3 is 2.63 bits per heavy atom. The van der Waals surface area contributed by atoms with Gasteiger partial charge in [-0.05, 0) is 32.4 Å². The van der Waals surface area contributed by atoms with Gasteiger partial charge in [-0.2, -0.15) is 0 Å². The Hall–Kier alpha value is -1.73. The second kappa shape index (κ2) is 5.10. The molecule has 1 atom stereocenters. The molecule has 7 heteroatoms. The zero-order valence-electron chi connectivity index (χ0n) is 10.9. The van der Waals surface area contributed by atoms with E-state index < -0.39 is 10.0 Å². The fourth-order valence-electron chi connectivity index (χ4n) is 1.85. The molecule has 2 aromatic heterocycles. The van der Waals surface area contributed by atoms with E-state index in [1.165, 1.54) is 0 Å². The van der Waals surface area contributed by atoms with Crippen LogP contribution in [0.25, 0.3) is 0 Å². The Kier molecular flexibility index (Phi) is 3.68. The van der Waals surface area contributed by atoms with E-state index in [2.05, 4.69) is 14.9 Å². The molecule has 1 N–H and O–H groups in total. The van der Waals surface area contributed by atoms with E-state index in [1.807, 2.05) is 6.07 Å². The minimum Gasteiger partial charge on any atom is -0.360 e. The highest BCUT2D eigenvalue weighted by Crippen LogP contribution is 2.21. The third-order valence-electron chi connectivity index (χ3n) is 2.75. The van der Waals surface area contributed by atoms with E-state index >= 15 is 0 Å². The second-order valence-corrected chi connectivity index (χ2v) is 5.93. The van der Waals surface area contributed by atoms with Gasteiger partial charge in [-0.15, -0.1) is 0 Å². The van der Waals surface area contributed by atoms with Crippen LogP contribution < -0.4 is 4.72 Å². The topological polar surface area (TPSA) is 85.1 Å². The molecule has 0 radical (unpaired) electrons. The van der Waals surface area contributed by atoms with Crippen molar-refractivity contribution in [1.29, 1.82) is 0 Å². The van der Waals surface area contributed by atoms with Gasteiger partial charge in [-0.25, -0.2) is 13.1 Å². The molecule has 0 bridgehead atoms. The van der Waals surface area contributed by atoms with Crippen LogP contribution in [0.15, 0.2) is 33.9 Å². The van der Waals surface area contributed by atoms with Gasteiger partial charge in [0.1, 0.15) is 10.6 Å². The lowest BCUT2D eigenvalue weighted by molar-refractivity contribution is 0.390. The number of aromatic nitrogens is 2. The van der Waals surface area contributed by atoms with Crippen molar-refractivity contribution in [3.05, 3.63) is 41.5 Å². The van der Waals surface area contributed by atoms with Gasteiger partial charge in [0.25, 0.3) is 0 Å². The molecule has 0 amide bonds. The molecule has 0 spiro atoms. The maximum atomic E-state index is 12.3. The molecule has 0 saturated heterocycles. The Bertz CT molecular complexity index is 645. The summed E-state index contributed by atoms with van der Waals surface area (Å²) >= 11 is 0. The van der Waals surface area contributed by atoms with Crippen molar-refractivity contribution >= 4 is 10.0 Å². The number of nitrogens with zero attached hydrogens (tertiary/aromatic N) is 2. The predicted octanol–water partition coefficient (Wildman–Crippen LogP) is 1.73. The molecular formula is C12H15N3O3S. The summed E-state index contributed by atoms with van der Waals surface area (Å²) in [5, 5.41) is 3.66. The van der Waals surface area contributed by atoms with Gasteiger partial charge >= 0.3 is 0 Å². The Labute approximate surface area is 111 Å². The van der Waals surface area contributed by atoms with Crippen molar-refractivity contribution in [3.8, 4) is 0 Å². The summed E-state index contributed by atoms with van der Waals surface area (Å²) in [6, 6.07) is 3.19. The van der Waals surface area contributed by atoms with Crippen molar-refractivity contribution in [3.63, 3.8) is 0 Å². The number of sulfonamides is 1. The molecule has 0 fully saturated rings. The van der Waals surface area contributed by atoms with E-state index in [0.717, 1.165) is 5.56 Å². The summed E-state index contributed by atoms with van der Waals surface area (Å²) in [5.41, 5.74) is 1.14. The van der Waals surface area contributed by atoms with E-state index in [-0.39, 0.29) is 16.7 Å². The highest BCUT2D eigenvalue weighted by Gasteiger charge is 2.26. The first-order valence-electron chi connectivity index (χ1n) is 5.77. The molecule has 0 aromatic carbocycles. The third-order valence-corrected chi connectivity index (χ3v) is 4.54. The number of hydrogen-bond donors (Lipinski definition) is 1.